The molecule has 5 nitrogen and oxygen atoms in total. The predicted molar refractivity (Wildman–Crippen MR) is 103 cm³/mol. The zero-order chi connectivity index (χ0) is 19.2. The van der Waals surface area contributed by atoms with Gasteiger partial charge in [-0.05, 0) is 76.6 Å². The lowest BCUT2D eigenvalue weighted by Crippen LogP contribution is -2.53. The number of likely N-dealkylation sites (tertiary alicyclic amines) is 2. The summed E-state index contributed by atoms with van der Waals surface area (Å²) in [6.45, 7) is 4.31. The van der Waals surface area contributed by atoms with E-state index in [2.05, 4.69) is 22.2 Å². The summed E-state index contributed by atoms with van der Waals surface area (Å²) in [6.07, 6.45) is 4.84. The molecule has 2 heterocycles. The molecule has 1 N–H and O–H groups in total. The third-order valence-corrected chi connectivity index (χ3v) is 5.77. The first kappa shape index (κ1) is 20.0. The number of piperidine rings is 2. The average molecular weight is 375 g/mol. The molecule has 0 radical (unpaired) electrons. The van der Waals surface area contributed by atoms with Crippen LogP contribution < -0.4 is 5.32 Å². The summed E-state index contributed by atoms with van der Waals surface area (Å²) in [5.74, 6) is -0.557. The van der Waals surface area contributed by atoms with Crippen LogP contribution >= 0.6 is 0 Å². The van der Waals surface area contributed by atoms with Crippen LogP contribution in [0.1, 0.15) is 48.9 Å². The van der Waals surface area contributed by atoms with Crippen molar-refractivity contribution in [3.8, 4) is 0 Å². The van der Waals surface area contributed by atoms with Crippen LogP contribution in [-0.4, -0.2) is 66.8 Å². The van der Waals surface area contributed by atoms with E-state index in [0.717, 1.165) is 39.0 Å². The first-order valence-electron chi connectivity index (χ1n) is 10.0. The van der Waals surface area contributed by atoms with E-state index >= 15 is 0 Å². The van der Waals surface area contributed by atoms with Crippen LogP contribution in [0.3, 0.4) is 0 Å². The van der Waals surface area contributed by atoms with Gasteiger partial charge in [-0.1, -0.05) is 0 Å². The fourth-order valence-corrected chi connectivity index (χ4v) is 4.12. The maximum Gasteiger partial charge on any atom is 0.220 e. The van der Waals surface area contributed by atoms with E-state index in [4.69, 9.17) is 0 Å². The van der Waals surface area contributed by atoms with Gasteiger partial charge in [0.2, 0.25) is 5.91 Å². The van der Waals surface area contributed by atoms with Crippen LogP contribution in [0.15, 0.2) is 24.3 Å². The molecule has 1 aromatic rings. The molecular formula is C21H30FN3O2. The molecule has 27 heavy (non-hydrogen) atoms. The van der Waals surface area contributed by atoms with Gasteiger partial charge in [0, 0.05) is 37.0 Å². The molecule has 2 aliphatic rings. The number of nitrogens with one attached hydrogen (secondary N) is 1. The Bertz CT molecular complexity index is 641. The van der Waals surface area contributed by atoms with Crippen molar-refractivity contribution in [2.45, 2.75) is 50.6 Å². The number of Topliss-reactive ketones (excluding diaryl/α,β-unsaturated/α-hetero) is 1. The second-order valence-corrected chi connectivity index (χ2v) is 7.87. The quantitative estimate of drug-likeness (QED) is 0.776. The molecule has 148 valence electrons. The van der Waals surface area contributed by atoms with Crippen LogP contribution in [-0.2, 0) is 4.79 Å². The lowest BCUT2D eigenvalue weighted by atomic mass is 9.98. The van der Waals surface area contributed by atoms with Gasteiger partial charge in [-0.25, -0.2) is 4.39 Å². The summed E-state index contributed by atoms with van der Waals surface area (Å²) in [4.78, 5) is 29.3. The van der Waals surface area contributed by atoms with Crippen molar-refractivity contribution >= 4 is 11.7 Å². The molecule has 2 fully saturated rings. The minimum absolute atomic E-state index is 0.0688. The minimum Gasteiger partial charge on any atom is -0.352 e. The fraction of sp³-hybridized carbons (Fsp3) is 0.619. The van der Waals surface area contributed by atoms with Gasteiger partial charge in [0.05, 0.1) is 0 Å². The maximum absolute atomic E-state index is 12.9. The number of carbonyl (C=O) groups excluding carboxylic acids is 2. The van der Waals surface area contributed by atoms with E-state index in [9.17, 15) is 14.0 Å². The van der Waals surface area contributed by atoms with Gasteiger partial charge in [-0.15, -0.1) is 0 Å². The van der Waals surface area contributed by atoms with Crippen molar-refractivity contribution in [3.05, 3.63) is 35.6 Å². The summed E-state index contributed by atoms with van der Waals surface area (Å²) in [6, 6.07) is 6.28. The molecule has 0 bridgehead atoms. The Morgan fingerprint density at radius 3 is 2.48 bits per heavy atom. The number of rotatable bonds is 6. The summed E-state index contributed by atoms with van der Waals surface area (Å²) in [7, 11) is 2.17. The number of carbonyl (C=O) groups is 2. The molecule has 2 saturated heterocycles. The van der Waals surface area contributed by atoms with Gasteiger partial charge < -0.3 is 10.2 Å². The van der Waals surface area contributed by atoms with E-state index in [1.54, 1.807) is 0 Å². The van der Waals surface area contributed by atoms with Crippen molar-refractivity contribution < 1.29 is 14.0 Å². The predicted octanol–water partition coefficient (Wildman–Crippen LogP) is 2.46. The number of benzene rings is 1. The highest BCUT2D eigenvalue weighted by Crippen LogP contribution is 2.20. The van der Waals surface area contributed by atoms with Crippen LogP contribution in [0.5, 0.6) is 0 Å². The summed E-state index contributed by atoms with van der Waals surface area (Å²) in [5.41, 5.74) is 0.454. The molecule has 1 amide bonds. The second kappa shape index (κ2) is 9.42. The number of amides is 1. The topological polar surface area (TPSA) is 52.6 Å². The molecule has 0 aromatic heterocycles. The smallest absolute Gasteiger partial charge is 0.220 e. The number of halogens is 1. The average Bonchev–Trinajstić information content (AvgIpc) is 2.67. The number of hydrogen-bond donors (Lipinski definition) is 1. The lowest BCUT2D eigenvalue weighted by molar-refractivity contribution is -0.122. The standard InChI is InChI=1S/C21H30FN3O2/c1-24-13-10-19(11-14-24)25-12-2-3-18(15-25)23-21(27)9-8-20(26)16-4-6-17(22)7-5-16/h4-7,18-19H,2-3,8-15H2,1H3,(H,23,27)/t18-/m0/s1. The lowest BCUT2D eigenvalue weighted by Gasteiger charge is -2.41. The Labute approximate surface area is 160 Å². The number of nitrogens with zero attached hydrogens (tertiary/aromatic N) is 2. The van der Waals surface area contributed by atoms with Gasteiger partial charge in [-0.3, -0.25) is 14.5 Å². The first-order chi connectivity index (χ1) is 13.0. The van der Waals surface area contributed by atoms with Crippen molar-refractivity contribution in [2.75, 3.05) is 33.2 Å². The van der Waals surface area contributed by atoms with Crippen molar-refractivity contribution in [2.24, 2.45) is 0 Å². The molecular weight excluding hydrogens is 345 g/mol. The van der Waals surface area contributed by atoms with Gasteiger partial charge in [0.1, 0.15) is 5.82 Å². The zero-order valence-electron chi connectivity index (χ0n) is 16.1. The monoisotopic (exact) mass is 375 g/mol. The molecule has 0 aliphatic carbocycles. The van der Waals surface area contributed by atoms with Crippen LogP contribution in [0, 0.1) is 5.82 Å². The first-order valence-corrected chi connectivity index (χ1v) is 10.0. The highest BCUT2D eigenvalue weighted by molar-refractivity contribution is 5.97. The SMILES string of the molecule is CN1CCC(N2CCC[C@H](NC(=O)CCC(=O)c3ccc(F)cc3)C2)CC1. The third-order valence-electron chi connectivity index (χ3n) is 5.77. The Balaban J connectivity index is 1.42. The van der Waals surface area contributed by atoms with Gasteiger partial charge in [0.15, 0.2) is 5.78 Å². The molecule has 1 atom stereocenters. The largest absolute Gasteiger partial charge is 0.352 e. The number of hydrogen-bond acceptors (Lipinski definition) is 4. The van der Waals surface area contributed by atoms with Gasteiger partial charge >= 0.3 is 0 Å². The molecule has 0 spiro atoms. The fourth-order valence-electron chi connectivity index (χ4n) is 4.12. The Kier molecular flexibility index (Phi) is 6.96. The second-order valence-electron chi connectivity index (χ2n) is 7.87. The Morgan fingerprint density at radius 2 is 1.78 bits per heavy atom. The zero-order valence-corrected chi connectivity index (χ0v) is 16.1. The normalized spacial score (nSPS) is 22.5. The number of ketones is 1. The molecule has 2 aliphatic heterocycles. The van der Waals surface area contributed by atoms with Crippen LogP contribution in [0.4, 0.5) is 4.39 Å². The molecule has 3 rings (SSSR count). The Hall–Kier alpha value is -1.79. The highest BCUT2D eigenvalue weighted by atomic mass is 19.1. The summed E-state index contributed by atoms with van der Waals surface area (Å²) >= 11 is 0. The van der Waals surface area contributed by atoms with E-state index in [-0.39, 0.29) is 36.4 Å². The van der Waals surface area contributed by atoms with Crippen LogP contribution in [0.25, 0.3) is 0 Å². The highest BCUT2D eigenvalue weighted by Gasteiger charge is 2.28. The third kappa shape index (κ3) is 5.84. The van der Waals surface area contributed by atoms with E-state index in [0.29, 0.717) is 11.6 Å². The minimum atomic E-state index is -0.365. The van der Waals surface area contributed by atoms with Crippen molar-refractivity contribution in [1.29, 1.82) is 0 Å². The Morgan fingerprint density at radius 1 is 1.07 bits per heavy atom. The van der Waals surface area contributed by atoms with Gasteiger partial charge in [0.25, 0.3) is 0 Å². The summed E-state index contributed by atoms with van der Waals surface area (Å²) < 4.78 is 12.9. The van der Waals surface area contributed by atoms with E-state index in [1.165, 1.54) is 37.1 Å². The molecule has 0 unspecified atom stereocenters. The van der Waals surface area contributed by atoms with E-state index < -0.39 is 0 Å². The molecule has 1 aromatic carbocycles. The van der Waals surface area contributed by atoms with Crippen LogP contribution in [0.2, 0.25) is 0 Å². The maximum atomic E-state index is 12.9. The summed E-state index contributed by atoms with van der Waals surface area (Å²) in [5, 5.41) is 3.11. The van der Waals surface area contributed by atoms with Crippen molar-refractivity contribution in [3.63, 3.8) is 0 Å². The van der Waals surface area contributed by atoms with E-state index in [1.807, 2.05) is 0 Å². The molecule has 0 saturated carbocycles. The van der Waals surface area contributed by atoms with Gasteiger partial charge in [-0.2, -0.15) is 0 Å². The molecule has 6 heteroatoms. The van der Waals surface area contributed by atoms with Crippen molar-refractivity contribution in [1.82, 2.24) is 15.1 Å².